The Morgan fingerprint density at radius 2 is 1.88 bits per heavy atom. The van der Waals surface area contributed by atoms with Gasteiger partial charge in [-0.3, -0.25) is 4.79 Å². The average Bonchev–Trinajstić information content (AvgIpc) is 2.60. The Labute approximate surface area is 150 Å². The highest BCUT2D eigenvalue weighted by Crippen LogP contribution is 2.43. The van der Waals surface area contributed by atoms with Crippen molar-refractivity contribution in [3.8, 4) is 5.75 Å². The van der Waals surface area contributed by atoms with Gasteiger partial charge in [0.15, 0.2) is 0 Å². The standard InChI is InChI=1S/C22H27NO2/c1-17(2)15-25-20-11-6-8-18(14-20)21(24)23-16-22(12-7-13-22)19-9-4-3-5-10-19/h3-6,8-11,14,17H,7,12-13,15-16H2,1-2H3,(H,23,24). The van der Waals surface area contributed by atoms with E-state index < -0.39 is 0 Å². The fraction of sp³-hybridized carbons (Fsp3) is 0.409. The Balaban J connectivity index is 1.63. The van der Waals surface area contributed by atoms with Crippen molar-refractivity contribution < 1.29 is 9.53 Å². The molecule has 0 atom stereocenters. The van der Waals surface area contributed by atoms with Gasteiger partial charge in [0, 0.05) is 17.5 Å². The normalized spacial score (nSPS) is 15.5. The minimum Gasteiger partial charge on any atom is -0.493 e. The molecule has 2 aromatic rings. The number of amides is 1. The molecule has 1 saturated carbocycles. The number of hydrogen-bond donors (Lipinski definition) is 1. The van der Waals surface area contributed by atoms with E-state index in [0.29, 0.717) is 24.6 Å². The van der Waals surface area contributed by atoms with Gasteiger partial charge in [-0.1, -0.05) is 56.7 Å². The van der Waals surface area contributed by atoms with Gasteiger partial charge in [-0.25, -0.2) is 0 Å². The summed E-state index contributed by atoms with van der Waals surface area (Å²) in [5.74, 6) is 1.18. The average molecular weight is 337 g/mol. The van der Waals surface area contributed by atoms with Crippen molar-refractivity contribution in [2.45, 2.75) is 38.5 Å². The van der Waals surface area contributed by atoms with Gasteiger partial charge >= 0.3 is 0 Å². The maximum Gasteiger partial charge on any atom is 0.251 e. The molecule has 3 nitrogen and oxygen atoms in total. The molecular weight excluding hydrogens is 310 g/mol. The summed E-state index contributed by atoms with van der Waals surface area (Å²) >= 11 is 0. The zero-order valence-electron chi connectivity index (χ0n) is 15.1. The van der Waals surface area contributed by atoms with Crippen LogP contribution in [0.5, 0.6) is 5.75 Å². The Kier molecular flexibility index (Phi) is 5.42. The van der Waals surface area contributed by atoms with Crippen molar-refractivity contribution in [1.29, 1.82) is 0 Å². The highest BCUT2D eigenvalue weighted by molar-refractivity contribution is 5.94. The largest absolute Gasteiger partial charge is 0.493 e. The molecule has 0 saturated heterocycles. The van der Waals surface area contributed by atoms with Gasteiger partial charge in [-0.2, -0.15) is 0 Å². The molecule has 3 heteroatoms. The number of rotatable bonds is 7. The van der Waals surface area contributed by atoms with Gasteiger partial charge in [0.25, 0.3) is 5.91 Å². The van der Waals surface area contributed by atoms with Crippen molar-refractivity contribution in [3.63, 3.8) is 0 Å². The Morgan fingerprint density at radius 3 is 2.52 bits per heavy atom. The zero-order chi connectivity index (χ0) is 17.7. The monoisotopic (exact) mass is 337 g/mol. The third-order valence-corrected chi connectivity index (χ3v) is 4.96. The first-order valence-electron chi connectivity index (χ1n) is 9.16. The second-order valence-corrected chi connectivity index (χ2v) is 7.42. The first-order chi connectivity index (χ1) is 12.1. The van der Waals surface area contributed by atoms with E-state index in [2.05, 4.69) is 43.4 Å². The summed E-state index contributed by atoms with van der Waals surface area (Å²) in [5, 5.41) is 3.14. The van der Waals surface area contributed by atoms with Gasteiger partial charge < -0.3 is 10.1 Å². The molecule has 0 aliphatic heterocycles. The van der Waals surface area contributed by atoms with Crippen LogP contribution in [0.4, 0.5) is 0 Å². The number of carbonyl (C=O) groups excluding carboxylic acids is 1. The first-order valence-corrected chi connectivity index (χ1v) is 9.16. The number of benzene rings is 2. The molecular formula is C22H27NO2. The summed E-state index contributed by atoms with van der Waals surface area (Å²) < 4.78 is 5.73. The molecule has 0 bridgehead atoms. The molecule has 1 N–H and O–H groups in total. The lowest BCUT2D eigenvalue weighted by Gasteiger charge is -2.42. The molecule has 132 valence electrons. The minimum atomic E-state index is -0.0304. The second-order valence-electron chi connectivity index (χ2n) is 7.42. The van der Waals surface area contributed by atoms with Gasteiger partial charge in [0.2, 0.25) is 0 Å². The van der Waals surface area contributed by atoms with E-state index in [9.17, 15) is 4.79 Å². The molecule has 3 rings (SSSR count). The Morgan fingerprint density at radius 1 is 1.12 bits per heavy atom. The number of nitrogens with one attached hydrogen (secondary N) is 1. The third kappa shape index (κ3) is 4.22. The molecule has 0 heterocycles. The molecule has 0 radical (unpaired) electrons. The lowest BCUT2D eigenvalue weighted by molar-refractivity contribution is 0.0927. The second kappa shape index (κ2) is 7.73. The summed E-state index contributed by atoms with van der Waals surface area (Å²) in [5.41, 5.74) is 2.09. The topological polar surface area (TPSA) is 38.3 Å². The summed E-state index contributed by atoms with van der Waals surface area (Å²) in [6.07, 6.45) is 3.49. The molecule has 0 aromatic heterocycles. The predicted molar refractivity (Wildman–Crippen MR) is 101 cm³/mol. The maximum absolute atomic E-state index is 12.6. The van der Waals surface area contributed by atoms with Crippen LogP contribution in [-0.4, -0.2) is 19.1 Å². The van der Waals surface area contributed by atoms with Crippen LogP contribution in [0.3, 0.4) is 0 Å². The fourth-order valence-corrected chi connectivity index (χ4v) is 3.30. The molecule has 0 unspecified atom stereocenters. The van der Waals surface area contributed by atoms with Gasteiger partial charge in [0.1, 0.15) is 5.75 Å². The number of hydrogen-bond acceptors (Lipinski definition) is 2. The lowest BCUT2D eigenvalue weighted by atomic mass is 9.64. The fourth-order valence-electron chi connectivity index (χ4n) is 3.30. The predicted octanol–water partition coefficient (Wildman–Crippen LogP) is 4.57. The quantitative estimate of drug-likeness (QED) is 0.803. The Hall–Kier alpha value is -2.29. The van der Waals surface area contributed by atoms with Crippen LogP contribution in [-0.2, 0) is 5.41 Å². The van der Waals surface area contributed by atoms with Crippen LogP contribution in [0.2, 0.25) is 0 Å². The van der Waals surface area contributed by atoms with Crippen LogP contribution in [0, 0.1) is 5.92 Å². The van der Waals surface area contributed by atoms with E-state index in [1.165, 1.54) is 12.0 Å². The molecule has 1 aliphatic rings. The van der Waals surface area contributed by atoms with E-state index in [0.717, 1.165) is 18.6 Å². The number of carbonyl (C=O) groups is 1. The van der Waals surface area contributed by atoms with Crippen molar-refractivity contribution in [3.05, 3.63) is 65.7 Å². The van der Waals surface area contributed by atoms with Crippen molar-refractivity contribution in [1.82, 2.24) is 5.32 Å². The Bertz CT molecular complexity index is 705. The van der Waals surface area contributed by atoms with E-state index in [1.807, 2.05) is 30.3 Å². The van der Waals surface area contributed by atoms with Gasteiger partial charge in [0.05, 0.1) is 6.61 Å². The molecule has 1 aliphatic carbocycles. The summed E-state index contributed by atoms with van der Waals surface area (Å²) in [7, 11) is 0. The highest BCUT2D eigenvalue weighted by atomic mass is 16.5. The van der Waals surface area contributed by atoms with Crippen LogP contribution < -0.4 is 10.1 Å². The van der Waals surface area contributed by atoms with Crippen molar-refractivity contribution >= 4 is 5.91 Å². The molecule has 0 spiro atoms. The molecule has 2 aromatic carbocycles. The molecule has 1 fully saturated rings. The van der Waals surface area contributed by atoms with Gasteiger partial charge in [-0.05, 0) is 42.5 Å². The van der Waals surface area contributed by atoms with Gasteiger partial charge in [-0.15, -0.1) is 0 Å². The summed E-state index contributed by atoms with van der Waals surface area (Å²) in [6.45, 7) is 5.56. The first kappa shape index (κ1) is 17.5. The molecule has 25 heavy (non-hydrogen) atoms. The number of ether oxygens (including phenoxy) is 1. The van der Waals surface area contributed by atoms with E-state index >= 15 is 0 Å². The van der Waals surface area contributed by atoms with Crippen molar-refractivity contribution in [2.75, 3.05) is 13.2 Å². The van der Waals surface area contributed by atoms with E-state index in [-0.39, 0.29) is 11.3 Å². The molecule has 1 amide bonds. The summed E-state index contributed by atoms with van der Waals surface area (Å²) in [6, 6.07) is 18.0. The minimum absolute atomic E-state index is 0.0304. The van der Waals surface area contributed by atoms with Crippen LogP contribution in [0.1, 0.15) is 49.0 Å². The van der Waals surface area contributed by atoms with E-state index in [4.69, 9.17) is 4.74 Å². The van der Waals surface area contributed by atoms with E-state index in [1.54, 1.807) is 0 Å². The van der Waals surface area contributed by atoms with Crippen LogP contribution in [0.15, 0.2) is 54.6 Å². The van der Waals surface area contributed by atoms with Crippen molar-refractivity contribution in [2.24, 2.45) is 5.92 Å². The third-order valence-electron chi connectivity index (χ3n) is 4.96. The highest BCUT2D eigenvalue weighted by Gasteiger charge is 2.38. The zero-order valence-corrected chi connectivity index (χ0v) is 15.1. The lowest BCUT2D eigenvalue weighted by Crippen LogP contribution is -2.45. The van der Waals surface area contributed by atoms with Crippen LogP contribution >= 0.6 is 0 Å². The SMILES string of the molecule is CC(C)COc1cccc(C(=O)NCC2(c3ccccc3)CCC2)c1. The maximum atomic E-state index is 12.6. The summed E-state index contributed by atoms with van der Waals surface area (Å²) in [4.78, 5) is 12.6. The van der Waals surface area contributed by atoms with Crippen LogP contribution in [0.25, 0.3) is 0 Å². The smallest absolute Gasteiger partial charge is 0.251 e.